The Bertz CT molecular complexity index is 998. The number of nitrogens with zero attached hydrogens (tertiary/aromatic N) is 6. The van der Waals surface area contributed by atoms with Gasteiger partial charge < -0.3 is 4.42 Å². The zero-order valence-electron chi connectivity index (χ0n) is 14.2. The van der Waals surface area contributed by atoms with Gasteiger partial charge in [-0.1, -0.05) is 0 Å². The van der Waals surface area contributed by atoms with E-state index in [9.17, 15) is 8.42 Å². The molecule has 1 saturated heterocycles. The van der Waals surface area contributed by atoms with E-state index in [1.165, 1.54) is 10.5 Å². The standard InChI is InChI=1S/C16H18N6O3S/c1-2-21-11-13(10-18-21)26(23,24)22-8-4-6-14(22)16-20-19-15(25-16)12-5-3-7-17-9-12/h3,5,7,9-11,14H,2,4,6,8H2,1H3/t14-/m1/s1. The molecule has 0 radical (unpaired) electrons. The maximum Gasteiger partial charge on any atom is 0.249 e. The van der Waals surface area contributed by atoms with Crippen LogP contribution in [0.1, 0.15) is 31.7 Å². The van der Waals surface area contributed by atoms with Crippen LogP contribution in [0, 0.1) is 0 Å². The molecule has 0 aliphatic carbocycles. The molecule has 0 bridgehead atoms. The Labute approximate surface area is 150 Å². The summed E-state index contributed by atoms with van der Waals surface area (Å²) in [5.41, 5.74) is 0.697. The fourth-order valence-corrected chi connectivity index (χ4v) is 4.64. The van der Waals surface area contributed by atoms with E-state index in [1.807, 2.05) is 13.0 Å². The van der Waals surface area contributed by atoms with Gasteiger partial charge >= 0.3 is 0 Å². The lowest BCUT2D eigenvalue weighted by Gasteiger charge is -2.20. The van der Waals surface area contributed by atoms with Crippen molar-refractivity contribution in [1.29, 1.82) is 0 Å². The van der Waals surface area contributed by atoms with Crippen LogP contribution in [0.25, 0.3) is 11.5 Å². The van der Waals surface area contributed by atoms with E-state index < -0.39 is 16.1 Å². The first-order valence-electron chi connectivity index (χ1n) is 8.37. The second-order valence-electron chi connectivity index (χ2n) is 5.99. The molecule has 0 amide bonds. The van der Waals surface area contributed by atoms with Crippen molar-refractivity contribution >= 4 is 10.0 Å². The Morgan fingerprint density at radius 2 is 2.19 bits per heavy atom. The Balaban J connectivity index is 1.64. The van der Waals surface area contributed by atoms with Crippen LogP contribution >= 0.6 is 0 Å². The SMILES string of the molecule is CCn1cc(S(=O)(=O)N2CCC[C@@H]2c2nnc(-c3cccnc3)o2)cn1. The van der Waals surface area contributed by atoms with Crippen LogP contribution in [0.3, 0.4) is 0 Å². The zero-order chi connectivity index (χ0) is 18.1. The monoisotopic (exact) mass is 374 g/mol. The predicted molar refractivity (Wildman–Crippen MR) is 91.3 cm³/mol. The minimum atomic E-state index is -3.67. The first-order valence-corrected chi connectivity index (χ1v) is 9.81. The molecule has 9 nitrogen and oxygen atoms in total. The number of hydrogen-bond acceptors (Lipinski definition) is 7. The fourth-order valence-electron chi connectivity index (χ4n) is 3.04. The van der Waals surface area contributed by atoms with Gasteiger partial charge in [0.25, 0.3) is 0 Å². The van der Waals surface area contributed by atoms with Gasteiger partial charge in [0.1, 0.15) is 10.9 Å². The summed E-state index contributed by atoms with van der Waals surface area (Å²) in [6, 6.07) is 3.12. The minimum absolute atomic E-state index is 0.179. The van der Waals surface area contributed by atoms with Crippen LogP contribution in [-0.4, -0.2) is 44.2 Å². The lowest BCUT2D eigenvalue weighted by atomic mass is 10.2. The quantitative estimate of drug-likeness (QED) is 0.671. The van der Waals surface area contributed by atoms with Gasteiger partial charge in [0.05, 0.1) is 11.8 Å². The topological polar surface area (TPSA) is 107 Å². The summed E-state index contributed by atoms with van der Waals surface area (Å²) in [6.45, 7) is 2.92. The molecule has 0 spiro atoms. The molecule has 0 saturated carbocycles. The van der Waals surface area contributed by atoms with Gasteiger partial charge in [-0.3, -0.25) is 9.67 Å². The van der Waals surface area contributed by atoms with Crippen molar-refractivity contribution in [3.05, 3.63) is 42.8 Å². The Morgan fingerprint density at radius 1 is 1.31 bits per heavy atom. The van der Waals surface area contributed by atoms with Gasteiger partial charge in [-0.25, -0.2) is 8.42 Å². The molecular formula is C16H18N6O3S. The molecule has 0 N–H and O–H groups in total. The molecule has 4 heterocycles. The number of rotatable bonds is 5. The average Bonchev–Trinajstić information content (AvgIpc) is 3.41. The third-order valence-electron chi connectivity index (χ3n) is 4.38. The van der Waals surface area contributed by atoms with Crippen molar-refractivity contribution in [2.24, 2.45) is 0 Å². The van der Waals surface area contributed by atoms with Crippen LogP contribution in [0.15, 0.2) is 46.2 Å². The van der Waals surface area contributed by atoms with Crippen molar-refractivity contribution in [3.63, 3.8) is 0 Å². The first kappa shape index (κ1) is 16.9. The second kappa shape index (κ2) is 6.61. The van der Waals surface area contributed by atoms with Gasteiger partial charge in [0, 0.05) is 31.7 Å². The highest BCUT2D eigenvalue weighted by Crippen LogP contribution is 2.36. The Morgan fingerprint density at radius 3 is 2.92 bits per heavy atom. The lowest BCUT2D eigenvalue weighted by molar-refractivity contribution is 0.332. The molecule has 1 atom stereocenters. The van der Waals surface area contributed by atoms with Gasteiger partial charge in [-0.2, -0.15) is 9.40 Å². The second-order valence-corrected chi connectivity index (χ2v) is 7.88. The Hall–Kier alpha value is -2.59. The normalized spacial score (nSPS) is 18.4. The van der Waals surface area contributed by atoms with Crippen LogP contribution in [-0.2, 0) is 16.6 Å². The highest BCUT2D eigenvalue weighted by molar-refractivity contribution is 7.89. The van der Waals surface area contributed by atoms with Gasteiger partial charge in [0.2, 0.25) is 21.8 Å². The van der Waals surface area contributed by atoms with Crippen molar-refractivity contribution in [2.75, 3.05) is 6.54 Å². The highest BCUT2D eigenvalue weighted by atomic mass is 32.2. The number of aryl methyl sites for hydroxylation is 1. The largest absolute Gasteiger partial charge is 0.419 e. The number of hydrogen-bond donors (Lipinski definition) is 0. The summed E-state index contributed by atoms with van der Waals surface area (Å²) in [4.78, 5) is 4.21. The van der Waals surface area contributed by atoms with Crippen LogP contribution in [0.5, 0.6) is 0 Å². The third-order valence-corrected chi connectivity index (χ3v) is 6.24. The molecule has 26 heavy (non-hydrogen) atoms. The molecule has 3 aromatic rings. The van der Waals surface area contributed by atoms with E-state index in [2.05, 4.69) is 20.3 Å². The van der Waals surface area contributed by atoms with Crippen LogP contribution in [0.2, 0.25) is 0 Å². The lowest BCUT2D eigenvalue weighted by Crippen LogP contribution is -2.30. The van der Waals surface area contributed by atoms with Crippen molar-refractivity contribution in [1.82, 2.24) is 29.3 Å². The minimum Gasteiger partial charge on any atom is -0.419 e. The summed E-state index contributed by atoms with van der Waals surface area (Å²) >= 11 is 0. The molecule has 136 valence electrons. The van der Waals surface area contributed by atoms with Crippen molar-refractivity contribution in [2.45, 2.75) is 37.2 Å². The Kier molecular flexibility index (Phi) is 4.29. The number of aromatic nitrogens is 5. The van der Waals surface area contributed by atoms with Crippen LogP contribution < -0.4 is 0 Å². The van der Waals surface area contributed by atoms with Crippen molar-refractivity contribution in [3.8, 4) is 11.5 Å². The van der Waals surface area contributed by atoms with E-state index in [4.69, 9.17) is 4.42 Å². The summed E-state index contributed by atoms with van der Waals surface area (Å²) in [7, 11) is -3.67. The maximum absolute atomic E-state index is 13.0. The molecule has 10 heteroatoms. The van der Waals surface area contributed by atoms with Gasteiger partial charge in [-0.15, -0.1) is 10.2 Å². The molecule has 1 aliphatic rings. The van der Waals surface area contributed by atoms with Gasteiger partial charge in [-0.05, 0) is 31.9 Å². The van der Waals surface area contributed by atoms with E-state index in [1.54, 1.807) is 29.3 Å². The third kappa shape index (κ3) is 2.90. The molecular weight excluding hydrogens is 356 g/mol. The fraction of sp³-hybridized carbons (Fsp3) is 0.375. The molecule has 1 fully saturated rings. The van der Waals surface area contributed by atoms with Gasteiger partial charge in [0.15, 0.2) is 0 Å². The first-order chi connectivity index (χ1) is 12.6. The van der Waals surface area contributed by atoms with E-state index in [0.29, 0.717) is 36.9 Å². The predicted octanol–water partition coefficient (Wildman–Crippen LogP) is 1.87. The zero-order valence-corrected chi connectivity index (χ0v) is 15.0. The molecule has 3 aromatic heterocycles. The maximum atomic E-state index is 13.0. The summed E-state index contributed by atoms with van der Waals surface area (Å²) in [6.07, 6.45) is 7.57. The van der Waals surface area contributed by atoms with Crippen molar-refractivity contribution < 1.29 is 12.8 Å². The molecule has 0 aromatic carbocycles. The number of pyridine rings is 1. The van der Waals surface area contributed by atoms with E-state index in [0.717, 1.165) is 6.42 Å². The van der Waals surface area contributed by atoms with E-state index in [-0.39, 0.29) is 4.90 Å². The average molecular weight is 374 g/mol. The summed E-state index contributed by atoms with van der Waals surface area (Å²) in [5.74, 6) is 0.629. The molecule has 1 aliphatic heterocycles. The summed E-state index contributed by atoms with van der Waals surface area (Å²) < 4.78 is 34.8. The van der Waals surface area contributed by atoms with E-state index >= 15 is 0 Å². The smallest absolute Gasteiger partial charge is 0.249 e. The molecule has 0 unspecified atom stereocenters. The number of sulfonamides is 1. The molecule has 4 rings (SSSR count). The highest BCUT2D eigenvalue weighted by Gasteiger charge is 2.39. The van der Waals surface area contributed by atoms with Crippen LogP contribution in [0.4, 0.5) is 0 Å². The summed E-state index contributed by atoms with van der Waals surface area (Å²) in [5, 5.41) is 12.2.